The Balaban J connectivity index is 1.54. The van der Waals surface area contributed by atoms with Gasteiger partial charge < -0.3 is 19.3 Å². The third kappa shape index (κ3) is 5.41. The molecule has 1 aliphatic heterocycles. The average Bonchev–Trinajstić information content (AvgIpc) is 2.92. The SMILES string of the molecule is COc1ccc(N2CCN(C(=O)CN(c3ccccc3OC)S(=O)(=O)c3ccc(C)cc3)CC2)cc1. The van der Waals surface area contributed by atoms with E-state index in [1.54, 1.807) is 60.5 Å². The van der Waals surface area contributed by atoms with Crippen LogP contribution in [-0.2, 0) is 14.8 Å². The van der Waals surface area contributed by atoms with Crippen LogP contribution in [0.2, 0.25) is 0 Å². The van der Waals surface area contributed by atoms with Gasteiger partial charge in [-0.1, -0.05) is 29.8 Å². The standard InChI is InChI=1S/C27H31N3O5S/c1-21-8-14-24(15-9-21)36(32,33)30(25-6-4-5-7-26(25)35-3)20-27(31)29-18-16-28(17-19-29)22-10-12-23(34-2)13-11-22/h4-15H,16-20H2,1-3H3. The van der Waals surface area contributed by atoms with Gasteiger partial charge in [-0.15, -0.1) is 0 Å². The lowest BCUT2D eigenvalue weighted by Gasteiger charge is -2.37. The summed E-state index contributed by atoms with van der Waals surface area (Å²) < 4.78 is 39.2. The lowest BCUT2D eigenvalue weighted by atomic mass is 10.2. The highest BCUT2D eigenvalue weighted by Crippen LogP contribution is 2.32. The van der Waals surface area contributed by atoms with Crippen molar-refractivity contribution in [2.75, 3.05) is 56.1 Å². The molecule has 36 heavy (non-hydrogen) atoms. The van der Waals surface area contributed by atoms with Crippen LogP contribution in [0.25, 0.3) is 0 Å². The molecule has 9 heteroatoms. The number of anilines is 2. The molecule has 0 aromatic heterocycles. The molecule has 4 rings (SSSR count). The Morgan fingerprint density at radius 2 is 1.50 bits per heavy atom. The molecule has 1 heterocycles. The van der Waals surface area contributed by atoms with Crippen molar-refractivity contribution in [3.63, 3.8) is 0 Å². The predicted molar refractivity (Wildman–Crippen MR) is 140 cm³/mol. The molecule has 3 aromatic rings. The molecular formula is C27H31N3O5S. The largest absolute Gasteiger partial charge is 0.497 e. The lowest BCUT2D eigenvalue weighted by molar-refractivity contribution is -0.129. The van der Waals surface area contributed by atoms with Crippen LogP contribution in [0.1, 0.15) is 5.56 Å². The summed E-state index contributed by atoms with van der Waals surface area (Å²) in [4.78, 5) is 17.4. The van der Waals surface area contributed by atoms with E-state index in [9.17, 15) is 13.2 Å². The number of piperazine rings is 1. The minimum atomic E-state index is -4.01. The highest BCUT2D eigenvalue weighted by molar-refractivity contribution is 7.92. The van der Waals surface area contributed by atoms with E-state index in [0.29, 0.717) is 37.6 Å². The Labute approximate surface area is 212 Å². The van der Waals surface area contributed by atoms with Gasteiger partial charge in [-0.25, -0.2) is 8.42 Å². The highest BCUT2D eigenvalue weighted by Gasteiger charge is 2.31. The van der Waals surface area contributed by atoms with Crippen molar-refractivity contribution in [1.82, 2.24) is 4.90 Å². The predicted octanol–water partition coefficient (Wildman–Crippen LogP) is 3.56. The summed E-state index contributed by atoms with van der Waals surface area (Å²) >= 11 is 0. The number of amides is 1. The van der Waals surface area contributed by atoms with Crippen molar-refractivity contribution >= 4 is 27.3 Å². The van der Waals surface area contributed by atoms with E-state index in [1.165, 1.54) is 7.11 Å². The zero-order valence-electron chi connectivity index (χ0n) is 20.8. The summed E-state index contributed by atoms with van der Waals surface area (Å²) in [5, 5.41) is 0. The van der Waals surface area contributed by atoms with Gasteiger partial charge in [0.2, 0.25) is 5.91 Å². The Hall–Kier alpha value is -3.72. The second-order valence-electron chi connectivity index (χ2n) is 8.56. The summed E-state index contributed by atoms with van der Waals surface area (Å²) in [6, 6.07) is 21.2. The fraction of sp³-hybridized carbons (Fsp3) is 0.296. The maximum Gasteiger partial charge on any atom is 0.264 e. The van der Waals surface area contributed by atoms with E-state index in [2.05, 4.69) is 4.90 Å². The summed E-state index contributed by atoms with van der Waals surface area (Å²) in [7, 11) is -0.900. The average molecular weight is 510 g/mol. The number of carbonyl (C=O) groups excluding carboxylic acids is 1. The topological polar surface area (TPSA) is 79.4 Å². The number of nitrogens with zero attached hydrogens (tertiary/aromatic N) is 3. The molecule has 0 spiro atoms. The Morgan fingerprint density at radius 1 is 0.861 bits per heavy atom. The number of hydrogen-bond acceptors (Lipinski definition) is 6. The quantitative estimate of drug-likeness (QED) is 0.462. The van der Waals surface area contributed by atoms with Crippen molar-refractivity contribution in [3.05, 3.63) is 78.4 Å². The van der Waals surface area contributed by atoms with Gasteiger partial charge in [-0.05, 0) is 55.5 Å². The van der Waals surface area contributed by atoms with E-state index >= 15 is 0 Å². The molecule has 1 saturated heterocycles. The molecule has 0 N–H and O–H groups in total. The summed E-state index contributed by atoms with van der Waals surface area (Å²) in [5.41, 5.74) is 2.33. The van der Waals surface area contributed by atoms with Crippen LogP contribution in [0, 0.1) is 6.92 Å². The molecule has 3 aromatic carbocycles. The highest BCUT2D eigenvalue weighted by atomic mass is 32.2. The number of rotatable bonds is 8. The van der Waals surface area contributed by atoms with Gasteiger partial charge in [0.15, 0.2) is 0 Å². The second-order valence-corrected chi connectivity index (χ2v) is 10.4. The number of sulfonamides is 1. The molecule has 8 nitrogen and oxygen atoms in total. The maximum absolute atomic E-state index is 13.7. The number of ether oxygens (including phenoxy) is 2. The molecule has 0 aliphatic carbocycles. The molecule has 1 amide bonds. The fourth-order valence-corrected chi connectivity index (χ4v) is 5.63. The van der Waals surface area contributed by atoms with Crippen molar-refractivity contribution in [2.24, 2.45) is 0 Å². The monoisotopic (exact) mass is 509 g/mol. The summed E-state index contributed by atoms with van der Waals surface area (Å²) in [6.07, 6.45) is 0. The minimum Gasteiger partial charge on any atom is -0.497 e. The lowest BCUT2D eigenvalue weighted by Crippen LogP contribution is -2.52. The number of para-hydroxylation sites is 2. The van der Waals surface area contributed by atoms with Gasteiger partial charge in [-0.3, -0.25) is 9.10 Å². The third-order valence-electron chi connectivity index (χ3n) is 6.31. The normalized spacial score (nSPS) is 13.9. The van der Waals surface area contributed by atoms with Crippen molar-refractivity contribution < 1.29 is 22.7 Å². The first-order valence-electron chi connectivity index (χ1n) is 11.7. The maximum atomic E-state index is 13.7. The molecule has 0 unspecified atom stereocenters. The van der Waals surface area contributed by atoms with Gasteiger partial charge in [0.05, 0.1) is 24.8 Å². The van der Waals surface area contributed by atoms with Crippen LogP contribution in [0.15, 0.2) is 77.7 Å². The zero-order chi connectivity index (χ0) is 25.7. The van der Waals surface area contributed by atoms with E-state index in [1.807, 2.05) is 31.2 Å². The fourth-order valence-electron chi connectivity index (χ4n) is 4.20. The molecule has 1 aliphatic rings. The number of aryl methyl sites for hydroxylation is 1. The zero-order valence-corrected chi connectivity index (χ0v) is 21.6. The molecule has 0 saturated carbocycles. The van der Waals surface area contributed by atoms with Gasteiger partial charge in [0, 0.05) is 31.9 Å². The summed E-state index contributed by atoms with van der Waals surface area (Å²) in [6.45, 7) is 3.86. The van der Waals surface area contributed by atoms with Crippen LogP contribution < -0.4 is 18.7 Å². The third-order valence-corrected chi connectivity index (χ3v) is 8.09. The Morgan fingerprint density at radius 3 is 2.11 bits per heavy atom. The first-order chi connectivity index (χ1) is 17.3. The van der Waals surface area contributed by atoms with E-state index in [4.69, 9.17) is 9.47 Å². The Bertz CT molecular complexity index is 1290. The van der Waals surface area contributed by atoms with Gasteiger partial charge in [0.1, 0.15) is 18.0 Å². The van der Waals surface area contributed by atoms with Crippen molar-refractivity contribution in [1.29, 1.82) is 0 Å². The molecule has 0 radical (unpaired) electrons. The smallest absolute Gasteiger partial charge is 0.264 e. The molecule has 190 valence electrons. The number of methoxy groups -OCH3 is 2. The number of hydrogen-bond donors (Lipinski definition) is 0. The minimum absolute atomic E-state index is 0.121. The van der Waals surface area contributed by atoms with Gasteiger partial charge in [0.25, 0.3) is 10.0 Å². The molecular weight excluding hydrogens is 478 g/mol. The molecule has 0 bridgehead atoms. The van der Waals surface area contributed by atoms with Crippen molar-refractivity contribution in [2.45, 2.75) is 11.8 Å². The molecule has 0 atom stereocenters. The van der Waals surface area contributed by atoms with Crippen LogP contribution in [0.3, 0.4) is 0 Å². The second kappa shape index (κ2) is 10.9. The van der Waals surface area contributed by atoms with Crippen LogP contribution in [0.4, 0.5) is 11.4 Å². The van der Waals surface area contributed by atoms with Crippen LogP contribution in [-0.4, -0.2) is 66.2 Å². The van der Waals surface area contributed by atoms with Crippen molar-refractivity contribution in [3.8, 4) is 11.5 Å². The summed E-state index contributed by atoms with van der Waals surface area (Å²) in [5.74, 6) is 0.912. The van der Waals surface area contributed by atoms with Crippen LogP contribution >= 0.6 is 0 Å². The number of benzene rings is 3. The van der Waals surface area contributed by atoms with Crippen LogP contribution in [0.5, 0.6) is 11.5 Å². The van der Waals surface area contributed by atoms with Gasteiger partial charge >= 0.3 is 0 Å². The Kier molecular flexibility index (Phi) is 7.69. The van der Waals surface area contributed by atoms with E-state index in [0.717, 1.165) is 21.3 Å². The molecule has 1 fully saturated rings. The van der Waals surface area contributed by atoms with E-state index in [-0.39, 0.29) is 17.3 Å². The first-order valence-corrected chi connectivity index (χ1v) is 13.2. The van der Waals surface area contributed by atoms with E-state index < -0.39 is 10.0 Å². The first kappa shape index (κ1) is 25.4. The van der Waals surface area contributed by atoms with Gasteiger partial charge in [-0.2, -0.15) is 0 Å². The number of carbonyl (C=O) groups is 1.